The fourth-order valence-corrected chi connectivity index (χ4v) is 6.03. The van der Waals surface area contributed by atoms with E-state index in [1.807, 2.05) is 0 Å². The fourth-order valence-electron chi connectivity index (χ4n) is 6.03. The average Bonchev–Trinajstić information content (AvgIpc) is 2.57. The lowest BCUT2D eigenvalue weighted by molar-refractivity contribution is -0.0912. The van der Waals surface area contributed by atoms with E-state index in [9.17, 15) is 5.21 Å². The van der Waals surface area contributed by atoms with Crippen LogP contribution in [0.4, 0.5) is 0 Å². The summed E-state index contributed by atoms with van der Waals surface area (Å²) in [5, 5.41) is 13.4. The van der Waals surface area contributed by atoms with Gasteiger partial charge in [0.05, 0.1) is 5.71 Å². The first-order chi connectivity index (χ1) is 10.9. The number of rotatable bonds is 0. The molecule has 22 heavy (non-hydrogen) atoms. The maximum Gasteiger partial charge on any atom is 0.0639 e. The van der Waals surface area contributed by atoms with Crippen molar-refractivity contribution in [1.82, 2.24) is 4.90 Å². The van der Waals surface area contributed by atoms with Crippen LogP contribution in [0.3, 0.4) is 0 Å². The normalized spacial score (nSPS) is 41.8. The number of nitrogens with zero attached hydrogens (tertiary/aromatic N) is 2. The van der Waals surface area contributed by atoms with E-state index in [0.29, 0.717) is 18.0 Å². The Balaban J connectivity index is 1.54. The molecule has 2 aliphatic heterocycles. The summed E-state index contributed by atoms with van der Waals surface area (Å²) < 4.78 is 0. The molecule has 2 aliphatic carbocycles. The summed E-state index contributed by atoms with van der Waals surface area (Å²) in [5.74, 6) is 2.18. The first-order valence-electron chi connectivity index (χ1n) is 8.93. The molecule has 2 saturated carbocycles. The van der Waals surface area contributed by atoms with Crippen molar-refractivity contribution in [2.24, 2.45) is 22.9 Å². The lowest BCUT2D eigenvalue weighted by Crippen LogP contribution is -2.67. The lowest BCUT2D eigenvalue weighted by atomic mass is 9.51. The summed E-state index contributed by atoms with van der Waals surface area (Å²) in [5.41, 5.74) is 4.07. The minimum absolute atomic E-state index is 0.444. The van der Waals surface area contributed by atoms with Crippen LogP contribution in [0.2, 0.25) is 0 Å². The number of hydrogen-bond acceptors (Lipinski definition) is 3. The Kier molecular flexibility index (Phi) is 2.88. The second kappa shape index (κ2) is 4.82. The second-order valence-electron chi connectivity index (χ2n) is 7.63. The van der Waals surface area contributed by atoms with Crippen LogP contribution in [0.15, 0.2) is 29.4 Å². The van der Waals surface area contributed by atoms with Gasteiger partial charge in [0.15, 0.2) is 0 Å². The van der Waals surface area contributed by atoms with Crippen LogP contribution in [-0.2, 0) is 6.42 Å². The average molecular weight is 296 g/mol. The van der Waals surface area contributed by atoms with Crippen LogP contribution in [0.25, 0.3) is 0 Å². The zero-order valence-electron chi connectivity index (χ0n) is 13.0. The van der Waals surface area contributed by atoms with E-state index in [1.165, 1.54) is 49.8 Å². The molecule has 1 saturated heterocycles. The molecule has 1 N–H and O–H groups in total. The molecule has 3 heteroatoms. The molecule has 5 atom stereocenters. The molecule has 0 spiro atoms. The topological polar surface area (TPSA) is 35.8 Å². The van der Waals surface area contributed by atoms with Gasteiger partial charge in [-0.1, -0.05) is 42.3 Å². The van der Waals surface area contributed by atoms with Crippen LogP contribution in [0.1, 0.15) is 49.3 Å². The van der Waals surface area contributed by atoms with Gasteiger partial charge in [-0.2, -0.15) is 0 Å². The van der Waals surface area contributed by atoms with Gasteiger partial charge in [0.1, 0.15) is 0 Å². The van der Waals surface area contributed by atoms with Gasteiger partial charge in [-0.15, -0.1) is 0 Å². The molecular weight excluding hydrogens is 272 g/mol. The number of benzene rings is 1. The van der Waals surface area contributed by atoms with Crippen molar-refractivity contribution in [3.05, 3.63) is 35.4 Å². The third-order valence-electron chi connectivity index (χ3n) is 6.90. The summed E-state index contributed by atoms with van der Waals surface area (Å²) in [6.07, 6.45) is 7.60. The molecule has 4 aliphatic rings. The summed E-state index contributed by atoms with van der Waals surface area (Å²) in [4.78, 5) is 2.77. The third-order valence-corrected chi connectivity index (χ3v) is 6.90. The van der Waals surface area contributed by atoms with Gasteiger partial charge < -0.3 is 5.21 Å². The minimum Gasteiger partial charge on any atom is -0.411 e. The molecule has 3 nitrogen and oxygen atoms in total. The van der Waals surface area contributed by atoms with Crippen LogP contribution in [0.5, 0.6) is 0 Å². The molecule has 3 fully saturated rings. The van der Waals surface area contributed by atoms with Gasteiger partial charge in [-0.25, -0.2) is 0 Å². The highest BCUT2D eigenvalue weighted by atomic mass is 16.4. The minimum atomic E-state index is 0.444. The highest BCUT2D eigenvalue weighted by Gasteiger charge is 2.59. The predicted molar refractivity (Wildman–Crippen MR) is 86.2 cm³/mol. The molecule has 5 unspecified atom stereocenters. The summed E-state index contributed by atoms with van der Waals surface area (Å²) >= 11 is 0. The van der Waals surface area contributed by atoms with Crippen molar-refractivity contribution >= 4 is 5.71 Å². The maximum atomic E-state index is 9.61. The number of oxime groups is 1. The van der Waals surface area contributed by atoms with E-state index >= 15 is 0 Å². The van der Waals surface area contributed by atoms with E-state index in [1.54, 1.807) is 0 Å². The van der Waals surface area contributed by atoms with E-state index < -0.39 is 0 Å². The molecule has 0 bridgehead atoms. The molecular formula is C19H24N2O. The standard InChI is InChI=1S/C19H24N2O/c22-20-16-11-17-13-6-2-1-5-12(13)9-10-21(17)19-15-8-4-3-7-14(15)18(16)19/h1-2,5-6,14-15,17-19,22H,3-4,7-11H2. The largest absolute Gasteiger partial charge is 0.411 e. The first kappa shape index (κ1) is 13.1. The number of fused-ring (bicyclic) bond motifs is 8. The van der Waals surface area contributed by atoms with Crippen LogP contribution in [0, 0.1) is 17.8 Å². The van der Waals surface area contributed by atoms with Crippen molar-refractivity contribution in [2.45, 2.75) is 50.6 Å². The van der Waals surface area contributed by atoms with E-state index in [4.69, 9.17) is 0 Å². The lowest BCUT2D eigenvalue weighted by Gasteiger charge is -2.63. The molecule has 2 heterocycles. The van der Waals surface area contributed by atoms with Gasteiger partial charge in [-0.05, 0) is 42.2 Å². The molecule has 0 radical (unpaired) electrons. The molecule has 0 aromatic heterocycles. The fraction of sp³-hybridized carbons (Fsp3) is 0.632. The number of hydrogen-bond donors (Lipinski definition) is 1. The van der Waals surface area contributed by atoms with Crippen molar-refractivity contribution in [3.8, 4) is 0 Å². The van der Waals surface area contributed by atoms with E-state index in [-0.39, 0.29) is 0 Å². The zero-order chi connectivity index (χ0) is 14.7. The van der Waals surface area contributed by atoms with Gasteiger partial charge in [-0.3, -0.25) is 4.90 Å². The number of piperidine rings is 1. The predicted octanol–water partition coefficient (Wildman–Crippen LogP) is 3.62. The Labute approximate surface area is 132 Å². The monoisotopic (exact) mass is 296 g/mol. The van der Waals surface area contributed by atoms with Crippen molar-refractivity contribution < 1.29 is 5.21 Å². The molecule has 1 aromatic rings. The first-order valence-corrected chi connectivity index (χ1v) is 8.93. The maximum absolute atomic E-state index is 9.61. The summed E-state index contributed by atoms with van der Waals surface area (Å²) in [7, 11) is 0. The van der Waals surface area contributed by atoms with E-state index in [2.05, 4.69) is 34.3 Å². The Morgan fingerprint density at radius 1 is 1.09 bits per heavy atom. The van der Waals surface area contributed by atoms with Gasteiger partial charge in [0.25, 0.3) is 0 Å². The quantitative estimate of drug-likeness (QED) is 0.586. The molecule has 1 aromatic carbocycles. The highest BCUT2D eigenvalue weighted by Crippen LogP contribution is 2.57. The van der Waals surface area contributed by atoms with Crippen LogP contribution < -0.4 is 0 Å². The SMILES string of the molecule is ON=C1CC2c3ccccc3CCN2C2C3CCCCC3C12. The zero-order valence-corrected chi connectivity index (χ0v) is 13.0. The Morgan fingerprint density at radius 3 is 2.77 bits per heavy atom. The van der Waals surface area contributed by atoms with Crippen molar-refractivity contribution in [2.75, 3.05) is 6.54 Å². The summed E-state index contributed by atoms with van der Waals surface area (Å²) in [6.45, 7) is 1.19. The van der Waals surface area contributed by atoms with Crippen molar-refractivity contribution in [1.29, 1.82) is 0 Å². The highest BCUT2D eigenvalue weighted by molar-refractivity contribution is 5.90. The Hall–Kier alpha value is -1.35. The van der Waals surface area contributed by atoms with Gasteiger partial charge >= 0.3 is 0 Å². The summed E-state index contributed by atoms with van der Waals surface area (Å²) in [6, 6.07) is 9.97. The Morgan fingerprint density at radius 2 is 1.91 bits per heavy atom. The Bertz CT molecular complexity index is 626. The van der Waals surface area contributed by atoms with Crippen LogP contribution >= 0.6 is 0 Å². The smallest absolute Gasteiger partial charge is 0.0639 e. The third kappa shape index (κ3) is 1.63. The van der Waals surface area contributed by atoms with Crippen molar-refractivity contribution in [3.63, 3.8) is 0 Å². The molecule has 116 valence electrons. The molecule has 5 rings (SSSR count). The second-order valence-corrected chi connectivity index (χ2v) is 7.63. The van der Waals surface area contributed by atoms with Gasteiger partial charge in [0.2, 0.25) is 0 Å². The van der Waals surface area contributed by atoms with E-state index in [0.717, 1.165) is 24.0 Å². The van der Waals surface area contributed by atoms with Gasteiger partial charge in [0, 0.05) is 31.0 Å². The molecule has 0 amide bonds. The van der Waals surface area contributed by atoms with Crippen LogP contribution in [-0.4, -0.2) is 28.4 Å².